The molecule has 13 heavy (non-hydrogen) atoms. The van der Waals surface area contributed by atoms with Crippen LogP contribution in [0.4, 0.5) is 5.95 Å². The number of hydrogen-bond donors (Lipinski definition) is 1. The van der Waals surface area contributed by atoms with E-state index >= 15 is 0 Å². The van der Waals surface area contributed by atoms with Gasteiger partial charge in [0.15, 0.2) is 0 Å². The number of hydrogen-bond acceptors (Lipinski definition) is 2. The molecule has 0 saturated carbocycles. The molecule has 0 saturated heterocycles. The van der Waals surface area contributed by atoms with Crippen molar-refractivity contribution in [1.29, 1.82) is 0 Å². The lowest BCUT2D eigenvalue weighted by Gasteiger charge is -1.98. The molecule has 0 aliphatic carbocycles. The average molecular weight is 175 g/mol. The third-order valence-electron chi connectivity index (χ3n) is 2.39. The second-order valence-corrected chi connectivity index (χ2v) is 3.21. The number of benzene rings is 1. The van der Waals surface area contributed by atoms with E-state index in [1.54, 1.807) is 0 Å². The summed E-state index contributed by atoms with van der Waals surface area (Å²) in [6, 6.07) is 6.25. The fraction of sp³-hybridized carbons (Fsp3) is 0.300. The molecule has 0 spiro atoms. The summed E-state index contributed by atoms with van der Waals surface area (Å²) in [7, 11) is 1.93. The first-order valence-electron chi connectivity index (χ1n) is 4.43. The summed E-state index contributed by atoms with van der Waals surface area (Å²) in [5.41, 5.74) is 9.09. The van der Waals surface area contributed by atoms with E-state index in [0.29, 0.717) is 5.95 Å². The number of rotatable bonds is 1. The standard InChI is InChI=1S/C10H13N3/c1-3-7-4-5-8-9(6-7)13(2)10(11)12-8/h4-6H,3H2,1-2H3,(H2,11,12). The average Bonchev–Trinajstić information content (AvgIpc) is 2.43. The van der Waals surface area contributed by atoms with Crippen LogP contribution in [0.25, 0.3) is 11.0 Å². The highest BCUT2D eigenvalue weighted by atomic mass is 15.1. The highest BCUT2D eigenvalue weighted by Gasteiger charge is 2.03. The monoisotopic (exact) mass is 175 g/mol. The van der Waals surface area contributed by atoms with Crippen LogP contribution in [0.1, 0.15) is 12.5 Å². The van der Waals surface area contributed by atoms with E-state index in [4.69, 9.17) is 5.73 Å². The van der Waals surface area contributed by atoms with Crippen LogP contribution in [-0.2, 0) is 13.5 Å². The highest BCUT2D eigenvalue weighted by Crippen LogP contribution is 2.17. The van der Waals surface area contributed by atoms with Crippen molar-refractivity contribution in [3.05, 3.63) is 23.8 Å². The second-order valence-electron chi connectivity index (χ2n) is 3.21. The molecule has 1 heterocycles. The van der Waals surface area contributed by atoms with E-state index in [1.807, 2.05) is 17.7 Å². The van der Waals surface area contributed by atoms with Crippen molar-refractivity contribution >= 4 is 17.0 Å². The van der Waals surface area contributed by atoms with Crippen molar-refractivity contribution in [2.45, 2.75) is 13.3 Å². The Hall–Kier alpha value is -1.51. The zero-order valence-electron chi connectivity index (χ0n) is 7.91. The number of nitrogens with two attached hydrogens (primary N) is 1. The van der Waals surface area contributed by atoms with Crippen LogP contribution in [-0.4, -0.2) is 9.55 Å². The van der Waals surface area contributed by atoms with Gasteiger partial charge in [-0.15, -0.1) is 0 Å². The molecule has 0 aliphatic rings. The first-order chi connectivity index (χ1) is 6.22. The molecule has 3 heteroatoms. The van der Waals surface area contributed by atoms with Crippen LogP contribution in [0.2, 0.25) is 0 Å². The van der Waals surface area contributed by atoms with Gasteiger partial charge in [-0.3, -0.25) is 0 Å². The number of aryl methyl sites for hydroxylation is 2. The molecule has 0 amide bonds. The SMILES string of the molecule is CCc1ccc2nc(N)n(C)c2c1. The molecule has 2 aromatic rings. The van der Waals surface area contributed by atoms with Crippen molar-refractivity contribution < 1.29 is 0 Å². The quantitative estimate of drug-likeness (QED) is 0.717. The summed E-state index contributed by atoms with van der Waals surface area (Å²) < 4.78 is 1.91. The lowest BCUT2D eigenvalue weighted by Crippen LogP contribution is -1.96. The number of aromatic nitrogens is 2. The Morgan fingerprint density at radius 1 is 1.46 bits per heavy atom. The molecule has 0 fully saturated rings. The second kappa shape index (κ2) is 2.76. The van der Waals surface area contributed by atoms with Gasteiger partial charge in [-0.25, -0.2) is 4.98 Å². The van der Waals surface area contributed by atoms with E-state index in [-0.39, 0.29) is 0 Å². The molecule has 1 aromatic carbocycles. The summed E-state index contributed by atoms with van der Waals surface area (Å²) in [4.78, 5) is 4.23. The number of fused-ring (bicyclic) bond motifs is 1. The topological polar surface area (TPSA) is 43.8 Å². The predicted octanol–water partition coefficient (Wildman–Crippen LogP) is 1.72. The van der Waals surface area contributed by atoms with E-state index in [0.717, 1.165) is 17.5 Å². The molecule has 0 atom stereocenters. The van der Waals surface area contributed by atoms with Gasteiger partial charge in [0.25, 0.3) is 0 Å². The Morgan fingerprint density at radius 2 is 2.23 bits per heavy atom. The van der Waals surface area contributed by atoms with Crippen LogP contribution in [0.5, 0.6) is 0 Å². The third-order valence-corrected chi connectivity index (χ3v) is 2.39. The van der Waals surface area contributed by atoms with Gasteiger partial charge < -0.3 is 10.3 Å². The molecule has 0 aliphatic heterocycles. The Bertz CT molecular complexity index is 443. The lowest BCUT2D eigenvalue weighted by atomic mass is 10.1. The summed E-state index contributed by atoms with van der Waals surface area (Å²) in [6.07, 6.45) is 1.04. The van der Waals surface area contributed by atoms with Crippen molar-refractivity contribution in [3.63, 3.8) is 0 Å². The zero-order chi connectivity index (χ0) is 9.42. The number of anilines is 1. The van der Waals surface area contributed by atoms with Gasteiger partial charge >= 0.3 is 0 Å². The van der Waals surface area contributed by atoms with Gasteiger partial charge in [0.2, 0.25) is 5.95 Å². The van der Waals surface area contributed by atoms with Gasteiger partial charge in [-0.1, -0.05) is 13.0 Å². The molecule has 0 radical (unpaired) electrons. The Kier molecular flexibility index (Phi) is 1.72. The number of nitrogens with zero attached hydrogens (tertiary/aromatic N) is 2. The first-order valence-corrected chi connectivity index (χ1v) is 4.43. The lowest BCUT2D eigenvalue weighted by molar-refractivity contribution is 0.963. The fourth-order valence-electron chi connectivity index (χ4n) is 1.47. The minimum absolute atomic E-state index is 0.572. The van der Waals surface area contributed by atoms with E-state index < -0.39 is 0 Å². The summed E-state index contributed by atoms with van der Waals surface area (Å²) in [5, 5.41) is 0. The Morgan fingerprint density at radius 3 is 2.92 bits per heavy atom. The van der Waals surface area contributed by atoms with Gasteiger partial charge in [0, 0.05) is 7.05 Å². The van der Waals surface area contributed by atoms with Crippen LogP contribution in [0.15, 0.2) is 18.2 Å². The molecule has 0 bridgehead atoms. The van der Waals surface area contributed by atoms with Crippen molar-refractivity contribution in [1.82, 2.24) is 9.55 Å². The highest BCUT2D eigenvalue weighted by molar-refractivity contribution is 5.78. The van der Waals surface area contributed by atoms with Gasteiger partial charge in [0.1, 0.15) is 0 Å². The smallest absolute Gasteiger partial charge is 0.200 e. The van der Waals surface area contributed by atoms with E-state index in [9.17, 15) is 0 Å². The minimum atomic E-state index is 0.572. The molecule has 3 nitrogen and oxygen atoms in total. The van der Waals surface area contributed by atoms with Gasteiger partial charge in [0.05, 0.1) is 11.0 Å². The third kappa shape index (κ3) is 1.16. The minimum Gasteiger partial charge on any atom is -0.369 e. The molecule has 2 N–H and O–H groups in total. The largest absolute Gasteiger partial charge is 0.369 e. The van der Waals surface area contributed by atoms with Gasteiger partial charge in [-0.05, 0) is 24.1 Å². The number of imidazole rings is 1. The maximum Gasteiger partial charge on any atom is 0.200 e. The molecule has 1 aromatic heterocycles. The maximum atomic E-state index is 5.70. The van der Waals surface area contributed by atoms with Crippen molar-refractivity contribution in [2.24, 2.45) is 7.05 Å². The molecule has 0 unspecified atom stereocenters. The zero-order valence-corrected chi connectivity index (χ0v) is 7.91. The van der Waals surface area contributed by atoms with Crippen LogP contribution >= 0.6 is 0 Å². The molecule has 2 rings (SSSR count). The number of nitrogen functional groups attached to an aromatic ring is 1. The van der Waals surface area contributed by atoms with Gasteiger partial charge in [-0.2, -0.15) is 0 Å². The van der Waals surface area contributed by atoms with Crippen LogP contribution in [0.3, 0.4) is 0 Å². The summed E-state index contributed by atoms with van der Waals surface area (Å²) in [5.74, 6) is 0.572. The Labute approximate surface area is 77.2 Å². The fourth-order valence-corrected chi connectivity index (χ4v) is 1.47. The van der Waals surface area contributed by atoms with Crippen LogP contribution < -0.4 is 5.73 Å². The summed E-state index contributed by atoms with van der Waals surface area (Å²) in [6.45, 7) is 2.14. The normalized spacial score (nSPS) is 10.9. The Balaban J connectivity index is 2.75. The van der Waals surface area contributed by atoms with Crippen molar-refractivity contribution in [3.8, 4) is 0 Å². The van der Waals surface area contributed by atoms with Crippen molar-refractivity contribution in [2.75, 3.05) is 5.73 Å². The summed E-state index contributed by atoms with van der Waals surface area (Å²) >= 11 is 0. The van der Waals surface area contributed by atoms with Crippen LogP contribution in [0, 0.1) is 0 Å². The first kappa shape index (κ1) is 8.10. The molecular formula is C10H13N3. The van der Waals surface area contributed by atoms with E-state index in [2.05, 4.69) is 24.0 Å². The van der Waals surface area contributed by atoms with E-state index in [1.165, 1.54) is 5.56 Å². The molecular weight excluding hydrogens is 162 g/mol. The molecule has 68 valence electrons. The maximum absolute atomic E-state index is 5.70. The predicted molar refractivity (Wildman–Crippen MR) is 54.5 cm³/mol.